The average molecular weight is 304 g/mol. The van der Waals surface area contributed by atoms with Gasteiger partial charge in [0.2, 0.25) is 5.91 Å². The fourth-order valence-electron chi connectivity index (χ4n) is 3.07. The van der Waals surface area contributed by atoms with Crippen molar-refractivity contribution < 1.29 is 4.79 Å². The molecule has 23 heavy (non-hydrogen) atoms. The second-order valence-electron chi connectivity index (χ2n) is 6.31. The van der Waals surface area contributed by atoms with Crippen molar-refractivity contribution in [2.45, 2.75) is 31.8 Å². The maximum atomic E-state index is 12.7. The Labute approximate surface area is 135 Å². The third-order valence-electron chi connectivity index (χ3n) is 4.48. The number of carbonyl (C=O) groups is 1. The third kappa shape index (κ3) is 3.14. The molecule has 0 atom stereocenters. The predicted molar refractivity (Wildman–Crippen MR) is 92.0 cm³/mol. The van der Waals surface area contributed by atoms with Crippen LogP contribution in [0.3, 0.4) is 0 Å². The van der Waals surface area contributed by atoms with E-state index in [0.29, 0.717) is 19.0 Å². The number of amides is 1. The van der Waals surface area contributed by atoms with E-state index in [0.717, 1.165) is 23.9 Å². The lowest BCUT2D eigenvalue weighted by Crippen LogP contribution is -2.33. The van der Waals surface area contributed by atoms with Crippen molar-refractivity contribution in [2.24, 2.45) is 0 Å². The van der Waals surface area contributed by atoms with Crippen LogP contribution in [0.1, 0.15) is 24.0 Å². The van der Waals surface area contributed by atoms with Crippen LogP contribution in [-0.4, -0.2) is 21.8 Å². The molecule has 1 fully saturated rings. The third-order valence-corrected chi connectivity index (χ3v) is 4.48. The summed E-state index contributed by atoms with van der Waals surface area (Å²) in [6.07, 6.45) is 4.70. The first-order valence-corrected chi connectivity index (χ1v) is 8.19. The number of H-pyrrole nitrogens is 1. The Morgan fingerprint density at radius 2 is 1.87 bits per heavy atom. The van der Waals surface area contributed by atoms with Crippen LogP contribution in [0.4, 0.5) is 0 Å². The molecule has 1 aliphatic carbocycles. The van der Waals surface area contributed by atoms with E-state index >= 15 is 0 Å². The number of aromatic amines is 1. The molecular weight excluding hydrogens is 284 g/mol. The average Bonchev–Trinajstić information content (AvgIpc) is 3.30. The number of fused-ring (bicyclic) bond motifs is 1. The Balaban J connectivity index is 1.52. The van der Waals surface area contributed by atoms with Crippen molar-refractivity contribution >= 4 is 16.8 Å². The van der Waals surface area contributed by atoms with Crippen LogP contribution < -0.4 is 0 Å². The number of benzene rings is 2. The summed E-state index contributed by atoms with van der Waals surface area (Å²) < 4.78 is 0. The van der Waals surface area contributed by atoms with Crippen LogP contribution in [0, 0.1) is 0 Å². The number of hydrogen-bond acceptors (Lipinski definition) is 1. The van der Waals surface area contributed by atoms with Gasteiger partial charge in [-0.15, -0.1) is 0 Å². The molecule has 1 aromatic heterocycles. The monoisotopic (exact) mass is 304 g/mol. The van der Waals surface area contributed by atoms with Crippen LogP contribution >= 0.6 is 0 Å². The SMILES string of the molecule is O=C(Cc1ccccc1)N(Cc1ccc2cc[nH]c2c1)C1CC1. The highest BCUT2D eigenvalue weighted by Gasteiger charge is 2.32. The van der Waals surface area contributed by atoms with Crippen molar-refractivity contribution in [1.82, 2.24) is 9.88 Å². The minimum atomic E-state index is 0.227. The minimum Gasteiger partial charge on any atom is -0.361 e. The second kappa shape index (κ2) is 5.92. The molecule has 3 heteroatoms. The van der Waals surface area contributed by atoms with Crippen molar-refractivity contribution in [1.29, 1.82) is 0 Å². The lowest BCUT2D eigenvalue weighted by Gasteiger charge is -2.23. The quantitative estimate of drug-likeness (QED) is 0.762. The number of carbonyl (C=O) groups excluding carboxylic acids is 1. The van der Waals surface area contributed by atoms with Crippen LogP contribution in [-0.2, 0) is 17.8 Å². The molecule has 1 aliphatic rings. The van der Waals surface area contributed by atoms with E-state index in [1.807, 2.05) is 36.5 Å². The summed E-state index contributed by atoms with van der Waals surface area (Å²) in [7, 11) is 0. The molecule has 0 spiro atoms. The molecule has 4 rings (SSSR count). The molecule has 0 radical (unpaired) electrons. The molecular formula is C20H20N2O. The van der Waals surface area contributed by atoms with Crippen molar-refractivity contribution in [2.75, 3.05) is 0 Å². The first-order chi connectivity index (χ1) is 11.3. The van der Waals surface area contributed by atoms with E-state index in [9.17, 15) is 4.79 Å². The first-order valence-electron chi connectivity index (χ1n) is 8.19. The molecule has 116 valence electrons. The van der Waals surface area contributed by atoms with Gasteiger partial charge in [-0.1, -0.05) is 42.5 Å². The lowest BCUT2D eigenvalue weighted by atomic mass is 10.1. The maximum Gasteiger partial charge on any atom is 0.227 e. The van der Waals surface area contributed by atoms with Gasteiger partial charge in [-0.25, -0.2) is 0 Å². The van der Waals surface area contributed by atoms with Gasteiger partial charge in [-0.2, -0.15) is 0 Å². The zero-order chi connectivity index (χ0) is 15.6. The van der Waals surface area contributed by atoms with Gasteiger partial charge in [0.25, 0.3) is 0 Å². The van der Waals surface area contributed by atoms with Crippen LogP contribution in [0.15, 0.2) is 60.8 Å². The summed E-state index contributed by atoms with van der Waals surface area (Å²) in [6, 6.07) is 18.9. The Morgan fingerprint density at radius 3 is 2.65 bits per heavy atom. The number of aromatic nitrogens is 1. The molecule has 2 aromatic carbocycles. The van der Waals surface area contributed by atoms with E-state index in [1.54, 1.807) is 0 Å². The topological polar surface area (TPSA) is 36.1 Å². The fourth-order valence-corrected chi connectivity index (χ4v) is 3.07. The Kier molecular flexibility index (Phi) is 3.62. The predicted octanol–water partition coefficient (Wildman–Crippen LogP) is 3.90. The summed E-state index contributed by atoms with van der Waals surface area (Å²) in [5.41, 5.74) is 3.41. The maximum absolute atomic E-state index is 12.7. The van der Waals surface area contributed by atoms with Crippen molar-refractivity contribution in [3.63, 3.8) is 0 Å². The summed E-state index contributed by atoms with van der Waals surface area (Å²) in [6.45, 7) is 0.700. The van der Waals surface area contributed by atoms with Gasteiger partial charge >= 0.3 is 0 Å². The lowest BCUT2D eigenvalue weighted by molar-refractivity contribution is -0.131. The first kappa shape index (κ1) is 14.1. The van der Waals surface area contributed by atoms with Gasteiger partial charge in [0, 0.05) is 24.3 Å². The smallest absolute Gasteiger partial charge is 0.227 e. The van der Waals surface area contributed by atoms with Gasteiger partial charge in [-0.05, 0) is 41.5 Å². The molecule has 3 nitrogen and oxygen atoms in total. The Bertz CT molecular complexity index is 818. The van der Waals surface area contributed by atoms with Gasteiger partial charge in [0.1, 0.15) is 0 Å². The van der Waals surface area contributed by atoms with Crippen LogP contribution in [0.25, 0.3) is 10.9 Å². The normalized spacial score (nSPS) is 14.1. The Morgan fingerprint density at radius 1 is 1.04 bits per heavy atom. The van der Waals surface area contributed by atoms with Crippen LogP contribution in [0.5, 0.6) is 0 Å². The zero-order valence-electron chi connectivity index (χ0n) is 13.0. The van der Waals surface area contributed by atoms with Crippen molar-refractivity contribution in [3.8, 4) is 0 Å². The second-order valence-corrected chi connectivity index (χ2v) is 6.31. The molecule has 0 bridgehead atoms. The number of rotatable bonds is 5. The zero-order valence-corrected chi connectivity index (χ0v) is 13.0. The van der Waals surface area contributed by atoms with E-state index in [-0.39, 0.29) is 5.91 Å². The molecule has 1 heterocycles. The molecule has 0 saturated heterocycles. The van der Waals surface area contributed by atoms with Crippen LogP contribution in [0.2, 0.25) is 0 Å². The van der Waals surface area contributed by atoms with Gasteiger partial charge in [0.15, 0.2) is 0 Å². The van der Waals surface area contributed by atoms with Gasteiger partial charge in [0.05, 0.1) is 6.42 Å². The largest absolute Gasteiger partial charge is 0.361 e. The highest BCUT2D eigenvalue weighted by Crippen LogP contribution is 2.29. The molecule has 3 aromatic rings. The minimum absolute atomic E-state index is 0.227. The summed E-state index contributed by atoms with van der Waals surface area (Å²) in [5, 5.41) is 1.21. The summed E-state index contributed by atoms with van der Waals surface area (Å²) >= 11 is 0. The number of hydrogen-bond donors (Lipinski definition) is 1. The number of nitrogens with one attached hydrogen (secondary N) is 1. The summed E-state index contributed by atoms with van der Waals surface area (Å²) in [4.78, 5) is 18.0. The molecule has 0 aliphatic heterocycles. The molecule has 0 unspecified atom stereocenters. The molecule has 1 amide bonds. The molecule has 1 N–H and O–H groups in total. The fraction of sp³-hybridized carbons (Fsp3) is 0.250. The highest BCUT2D eigenvalue weighted by atomic mass is 16.2. The molecule has 1 saturated carbocycles. The standard InChI is InChI=1S/C20H20N2O/c23-20(13-15-4-2-1-3-5-15)22(18-8-9-18)14-16-6-7-17-10-11-21-19(17)12-16/h1-7,10-12,18,21H,8-9,13-14H2. The van der Waals surface area contributed by atoms with E-state index in [4.69, 9.17) is 0 Å². The van der Waals surface area contributed by atoms with Crippen molar-refractivity contribution in [3.05, 3.63) is 71.9 Å². The Hall–Kier alpha value is -2.55. The summed E-state index contributed by atoms with van der Waals surface area (Å²) in [5.74, 6) is 0.227. The van der Waals surface area contributed by atoms with E-state index < -0.39 is 0 Å². The van der Waals surface area contributed by atoms with Gasteiger partial charge in [-0.3, -0.25) is 4.79 Å². The van der Waals surface area contributed by atoms with E-state index in [2.05, 4.69) is 34.1 Å². The number of nitrogens with zero attached hydrogens (tertiary/aromatic N) is 1. The van der Waals surface area contributed by atoms with Gasteiger partial charge < -0.3 is 9.88 Å². The van der Waals surface area contributed by atoms with E-state index in [1.165, 1.54) is 10.9 Å². The highest BCUT2D eigenvalue weighted by molar-refractivity contribution is 5.81.